The number of hydrogen-bond acceptors (Lipinski definition) is 1. The molecule has 1 aliphatic rings. The van der Waals surface area contributed by atoms with Gasteiger partial charge in [0.15, 0.2) is 5.96 Å². The van der Waals surface area contributed by atoms with Gasteiger partial charge in [-0.25, -0.2) is 0 Å². The summed E-state index contributed by atoms with van der Waals surface area (Å²) in [5, 5.41) is 7.29. The summed E-state index contributed by atoms with van der Waals surface area (Å²) in [6.07, 6.45) is 3.64. The molecular weight excluding hydrogens is 373 g/mol. The van der Waals surface area contributed by atoms with Crippen molar-refractivity contribution >= 4 is 41.5 Å². The molecule has 2 rings (SSSR count). The predicted octanol–water partition coefficient (Wildman–Crippen LogP) is 3.17. The van der Waals surface area contributed by atoms with Crippen LogP contribution in [-0.4, -0.2) is 26.6 Å². The van der Waals surface area contributed by atoms with Gasteiger partial charge in [0.1, 0.15) is 0 Å². The topological polar surface area (TPSA) is 36.4 Å². The molecule has 19 heavy (non-hydrogen) atoms. The van der Waals surface area contributed by atoms with E-state index in [1.54, 1.807) is 7.05 Å². The molecular formula is C14H21ClIN3. The molecule has 1 aromatic rings. The largest absolute Gasteiger partial charge is 0.359 e. The highest BCUT2D eigenvalue weighted by Crippen LogP contribution is 2.45. The molecule has 5 heteroatoms. The van der Waals surface area contributed by atoms with Gasteiger partial charge in [-0.15, -0.1) is 24.0 Å². The highest BCUT2D eigenvalue weighted by Gasteiger charge is 2.39. The minimum Gasteiger partial charge on any atom is -0.359 e. The van der Waals surface area contributed by atoms with Gasteiger partial charge in [0.2, 0.25) is 0 Å². The molecule has 0 aliphatic heterocycles. The zero-order valence-electron chi connectivity index (χ0n) is 11.4. The summed E-state index contributed by atoms with van der Waals surface area (Å²) < 4.78 is 0. The molecule has 2 N–H and O–H groups in total. The number of rotatable bonds is 3. The first-order chi connectivity index (χ1) is 8.72. The predicted molar refractivity (Wildman–Crippen MR) is 92.8 cm³/mol. The van der Waals surface area contributed by atoms with Crippen LogP contribution in [0.5, 0.6) is 0 Å². The summed E-state index contributed by atoms with van der Waals surface area (Å²) in [6, 6.07) is 8.17. The van der Waals surface area contributed by atoms with Crippen molar-refractivity contribution in [3.05, 3.63) is 34.9 Å². The van der Waals surface area contributed by atoms with Gasteiger partial charge in [0.05, 0.1) is 0 Å². The zero-order chi connectivity index (χ0) is 13.0. The Kier molecular flexibility index (Phi) is 6.39. The highest BCUT2D eigenvalue weighted by molar-refractivity contribution is 14.0. The van der Waals surface area contributed by atoms with E-state index in [0.29, 0.717) is 0 Å². The molecule has 106 valence electrons. The monoisotopic (exact) mass is 393 g/mol. The molecule has 0 amide bonds. The van der Waals surface area contributed by atoms with Crippen molar-refractivity contribution in [1.29, 1.82) is 0 Å². The first-order valence-corrected chi connectivity index (χ1v) is 6.73. The van der Waals surface area contributed by atoms with E-state index in [4.69, 9.17) is 11.6 Å². The van der Waals surface area contributed by atoms with E-state index >= 15 is 0 Å². The quantitative estimate of drug-likeness (QED) is 0.470. The lowest BCUT2D eigenvalue weighted by atomic mass is 9.64. The Labute approximate surface area is 137 Å². The molecule has 0 unspecified atom stereocenters. The normalized spacial score (nSPS) is 17.1. The lowest BCUT2D eigenvalue weighted by Crippen LogP contribution is -2.48. The molecule has 3 nitrogen and oxygen atoms in total. The lowest BCUT2D eigenvalue weighted by Gasteiger charge is -2.43. The van der Waals surface area contributed by atoms with E-state index in [1.807, 2.05) is 19.2 Å². The van der Waals surface area contributed by atoms with Crippen molar-refractivity contribution in [1.82, 2.24) is 10.6 Å². The number of aliphatic imine (C=N–C) groups is 1. The number of halogens is 2. The molecule has 0 spiro atoms. The van der Waals surface area contributed by atoms with Crippen LogP contribution in [0.3, 0.4) is 0 Å². The molecule has 1 aliphatic carbocycles. The number of nitrogens with zero attached hydrogens (tertiary/aromatic N) is 1. The fraction of sp³-hybridized carbons (Fsp3) is 0.500. The van der Waals surface area contributed by atoms with Gasteiger partial charge >= 0.3 is 0 Å². The Balaban J connectivity index is 0.00000180. The average molecular weight is 394 g/mol. The number of nitrogens with one attached hydrogen (secondary N) is 2. The zero-order valence-corrected chi connectivity index (χ0v) is 14.5. The summed E-state index contributed by atoms with van der Waals surface area (Å²) in [4.78, 5) is 4.15. The Bertz CT molecular complexity index is 444. The van der Waals surface area contributed by atoms with Crippen LogP contribution in [0.1, 0.15) is 24.8 Å². The van der Waals surface area contributed by atoms with Crippen molar-refractivity contribution in [2.45, 2.75) is 24.7 Å². The van der Waals surface area contributed by atoms with E-state index in [9.17, 15) is 0 Å². The van der Waals surface area contributed by atoms with Crippen molar-refractivity contribution < 1.29 is 0 Å². The molecule has 0 saturated heterocycles. The standard InChI is InChI=1S/C14H20ClN3.HI/c1-16-13(17-2)18-10-14(8-5-9-14)11-6-3-4-7-12(11)15;/h3-4,6-7H,5,8-10H2,1-2H3,(H2,16,17,18);1H. The first-order valence-electron chi connectivity index (χ1n) is 6.35. The van der Waals surface area contributed by atoms with Crippen molar-refractivity contribution in [3.8, 4) is 0 Å². The van der Waals surface area contributed by atoms with Crippen LogP contribution in [0.15, 0.2) is 29.3 Å². The summed E-state index contributed by atoms with van der Waals surface area (Å²) in [5.41, 5.74) is 1.43. The van der Waals surface area contributed by atoms with E-state index in [2.05, 4.69) is 27.8 Å². The van der Waals surface area contributed by atoms with Crippen LogP contribution < -0.4 is 10.6 Å². The number of benzene rings is 1. The summed E-state index contributed by atoms with van der Waals surface area (Å²) in [6.45, 7) is 0.879. The molecule has 1 saturated carbocycles. The molecule has 0 heterocycles. The SMILES string of the molecule is CN=C(NC)NCC1(c2ccccc2Cl)CCC1.I. The Morgan fingerprint density at radius 3 is 2.53 bits per heavy atom. The number of guanidine groups is 1. The van der Waals surface area contributed by atoms with Crippen molar-refractivity contribution in [2.24, 2.45) is 4.99 Å². The van der Waals surface area contributed by atoms with E-state index < -0.39 is 0 Å². The summed E-state index contributed by atoms with van der Waals surface area (Å²) in [7, 11) is 3.65. The van der Waals surface area contributed by atoms with Gasteiger partial charge < -0.3 is 10.6 Å². The van der Waals surface area contributed by atoms with Crippen LogP contribution >= 0.6 is 35.6 Å². The molecule has 1 fully saturated rings. The third-order valence-corrected chi connectivity index (χ3v) is 4.14. The fourth-order valence-electron chi connectivity index (χ4n) is 2.57. The highest BCUT2D eigenvalue weighted by atomic mass is 127. The second kappa shape index (κ2) is 7.33. The lowest BCUT2D eigenvalue weighted by molar-refractivity contribution is 0.244. The van der Waals surface area contributed by atoms with Gasteiger partial charge in [-0.2, -0.15) is 0 Å². The Morgan fingerprint density at radius 1 is 1.37 bits per heavy atom. The molecule has 1 aromatic carbocycles. The maximum absolute atomic E-state index is 6.33. The van der Waals surface area contributed by atoms with Gasteiger partial charge in [0, 0.05) is 31.1 Å². The third kappa shape index (κ3) is 3.54. The van der Waals surface area contributed by atoms with E-state index in [1.165, 1.54) is 24.8 Å². The molecule has 0 radical (unpaired) electrons. The van der Waals surface area contributed by atoms with Crippen molar-refractivity contribution in [2.75, 3.05) is 20.6 Å². The van der Waals surface area contributed by atoms with Crippen LogP contribution in [0.4, 0.5) is 0 Å². The van der Waals surface area contributed by atoms with Crippen LogP contribution in [-0.2, 0) is 5.41 Å². The second-order valence-electron chi connectivity index (χ2n) is 4.79. The maximum Gasteiger partial charge on any atom is 0.190 e. The maximum atomic E-state index is 6.33. The van der Waals surface area contributed by atoms with Crippen molar-refractivity contribution in [3.63, 3.8) is 0 Å². The van der Waals surface area contributed by atoms with E-state index in [0.717, 1.165) is 17.5 Å². The van der Waals surface area contributed by atoms with Crippen LogP contribution in [0.25, 0.3) is 0 Å². The van der Waals surface area contributed by atoms with Crippen LogP contribution in [0.2, 0.25) is 5.02 Å². The smallest absolute Gasteiger partial charge is 0.190 e. The Hall–Kier alpha value is -0.490. The van der Waals surface area contributed by atoms with Gasteiger partial charge in [-0.1, -0.05) is 36.2 Å². The second-order valence-corrected chi connectivity index (χ2v) is 5.20. The fourth-order valence-corrected chi connectivity index (χ4v) is 2.90. The summed E-state index contributed by atoms with van der Waals surface area (Å²) in [5.74, 6) is 0.827. The van der Waals surface area contributed by atoms with Gasteiger partial charge in [0.25, 0.3) is 0 Å². The number of hydrogen-bond donors (Lipinski definition) is 2. The van der Waals surface area contributed by atoms with E-state index in [-0.39, 0.29) is 29.4 Å². The third-order valence-electron chi connectivity index (χ3n) is 3.81. The first kappa shape index (κ1) is 16.6. The minimum absolute atomic E-state index is 0. The minimum atomic E-state index is 0. The molecule has 0 aromatic heterocycles. The van der Waals surface area contributed by atoms with Crippen LogP contribution in [0, 0.1) is 0 Å². The van der Waals surface area contributed by atoms with Gasteiger partial charge in [-0.3, -0.25) is 4.99 Å². The Morgan fingerprint density at radius 2 is 2.05 bits per heavy atom. The average Bonchev–Trinajstić information content (AvgIpc) is 2.34. The molecule has 0 atom stereocenters. The molecule has 0 bridgehead atoms. The summed E-state index contributed by atoms with van der Waals surface area (Å²) >= 11 is 6.33. The van der Waals surface area contributed by atoms with Gasteiger partial charge in [-0.05, 0) is 24.5 Å².